The third-order valence-corrected chi connectivity index (χ3v) is 6.61. The van der Waals surface area contributed by atoms with Crippen LogP contribution in [0.4, 0.5) is 14.5 Å². The summed E-state index contributed by atoms with van der Waals surface area (Å²) in [6.07, 6.45) is 3.46. The van der Waals surface area contributed by atoms with Crippen LogP contribution in [0.3, 0.4) is 0 Å². The van der Waals surface area contributed by atoms with Crippen molar-refractivity contribution < 1.29 is 8.78 Å². The Morgan fingerprint density at radius 1 is 1.00 bits per heavy atom. The average molecular weight is 431 g/mol. The lowest BCUT2D eigenvalue weighted by Gasteiger charge is -2.35. The number of anilines is 1. The molecule has 0 unspecified atom stereocenters. The zero-order valence-corrected chi connectivity index (χ0v) is 18.7. The summed E-state index contributed by atoms with van der Waals surface area (Å²) < 4.78 is 27.3. The second kappa shape index (κ2) is 9.53. The molecular weight excluding hydrogens is 402 g/mol. The van der Waals surface area contributed by atoms with Gasteiger partial charge in [-0.25, -0.2) is 8.78 Å². The third-order valence-electron chi connectivity index (χ3n) is 6.61. The van der Waals surface area contributed by atoms with Crippen molar-refractivity contribution >= 4 is 5.69 Å². The minimum absolute atomic E-state index is 0.373. The maximum atomic E-state index is 14.1. The first-order chi connectivity index (χ1) is 15.5. The van der Waals surface area contributed by atoms with Gasteiger partial charge in [0.05, 0.1) is 11.6 Å². The SMILES string of the molecule is CCc1cccc(C)c1-c1cc(C#N)ccc1N1CCC(Cc2ccc(F)cc2F)CC1. The van der Waals surface area contributed by atoms with Gasteiger partial charge in [0.2, 0.25) is 0 Å². The Kier molecular flexibility index (Phi) is 6.55. The predicted octanol–water partition coefficient (Wildman–Crippen LogP) is 6.83. The van der Waals surface area contributed by atoms with Crippen molar-refractivity contribution in [2.45, 2.75) is 39.5 Å². The molecule has 4 rings (SSSR count). The Morgan fingerprint density at radius 3 is 2.47 bits per heavy atom. The van der Waals surface area contributed by atoms with E-state index >= 15 is 0 Å². The van der Waals surface area contributed by atoms with E-state index < -0.39 is 11.6 Å². The quantitative estimate of drug-likeness (QED) is 0.443. The van der Waals surface area contributed by atoms with E-state index in [9.17, 15) is 14.0 Å². The topological polar surface area (TPSA) is 27.0 Å². The second-order valence-electron chi connectivity index (χ2n) is 8.68. The number of rotatable bonds is 5. The van der Waals surface area contributed by atoms with Crippen LogP contribution in [-0.4, -0.2) is 13.1 Å². The van der Waals surface area contributed by atoms with Gasteiger partial charge in [-0.05, 0) is 85.0 Å². The van der Waals surface area contributed by atoms with Gasteiger partial charge in [0.15, 0.2) is 0 Å². The van der Waals surface area contributed by atoms with Crippen LogP contribution in [0.5, 0.6) is 0 Å². The van der Waals surface area contributed by atoms with Crippen LogP contribution in [-0.2, 0) is 12.8 Å². The Labute approximate surface area is 189 Å². The molecule has 32 heavy (non-hydrogen) atoms. The summed E-state index contributed by atoms with van der Waals surface area (Å²) in [7, 11) is 0. The summed E-state index contributed by atoms with van der Waals surface area (Å²) in [5.41, 5.74) is 7.23. The first kappa shape index (κ1) is 22.0. The highest BCUT2D eigenvalue weighted by Crippen LogP contribution is 2.38. The molecule has 1 fully saturated rings. The van der Waals surface area contributed by atoms with Gasteiger partial charge in [-0.3, -0.25) is 0 Å². The lowest BCUT2D eigenvalue weighted by atomic mass is 9.88. The smallest absolute Gasteiger partial charge is 0.129 e. The van der Waals surface area contributed by atoms with Gasteiger partial charge in [0, 0.05) is 30.4 Å². The monoisotopic (exact) mass is 430 g/mol. The fourth-order valence-electron chi connectivity index (χ4n) is 4.87. The first-order valence-electron chi connectivity index (χ1n) is 11.3. The second-order valence-corrected chi connectivity index (χ2v) is 8.68. The number of nitriles is 1. The van der Waals surface area contributed by atoms with Crippen LogP contribution in [0.25, 0.3) is 11.1 Å². The molecule has 3 aromatic rings. The van der Waals surface area contributed by atoms with Gasteiger partial charge >= 0.3 is 0 Å². The largest absolute Gasteiger partial charge is 0.371 e. The Morgan fingerprint density at radius 2 is 1.78 bits per heavy atom. The summed E-state index contributed by atoms with van der Waals surface area (Å²) in [6, 6.07) is 18.5. The molecule has 1 aliphatic heterocycles. The van der Waals surface area contributed by atoms with Gasteiger partial charge in [-0.15, -0.1) is 0 Å². The highest BCUT2D eigenvalue weighted by atomic mass is 19.1. The maximum absolute atomic E-state index is 14.1. The number of aryl methyl sites for hydroxylation is 2. The first-order valence-corrected chi connectivity index (χ1v) is 11.3. The standard InChI is InChI=1S/C28H28F2N2/c1-3-22-6-4-5-19(2)28(22)25-16-21(18-31)7-10-27(25)32-13-11-20(12-14-32)15-23-8-9-24(29)17-26(23)30/h4-10,16-17,20H,3,11-15H2,1-2H3. The van der Waals surface area contributed by atoms with E-state index in [0.717, 1.165) is 49.7 Å². The van der Waals surface area contributed by atoms with Gasteiger partial charge in [0.25, 0.3) is 0 Å². The van der Waals surface area contributed by atoms with Gasteiger partial charge in [-0.1, -0.05) is 31.2 Å². The number of hydrogen-bond acceptors (Lipinski definition) is 2. The van der Waals surface area contributed by atoms with Crippen molar-refractivity contribution in [2.24, 2.45) is 5.92 Å². The molecule has 0 spiro atoms. The molecule has 4 heteroatoms. The van der Waals surface area contributed by atoms with Crippen LogP contribution in [0, 0.1) is 35.8 Å². The maximum Gasteiger partial charge on any atom is 0.129 e. The zero-order chi connectivity index (χ0) is 22.7. The van der Waals surface area contributed by atoms with E-state index in [-0.39, 0.29) is 0 Å². The number of benzene rings is 3. The van der Waals surface area contributed by atoms with E-state index in [1.807, 2.05) is 12.1 Å². The molecule has 0 amide bonds. The summed E-state index contributed by atoms with van der Waals surface area (Å²) in [4.78, 5) is 2.39. The van der Waals surface area contributed by atoms with Crippen LogP contribution in [0.2, 0.25) is 0 Å². The molecule has 0 saturated carbocycles. The van der Waals surface area contributed by atoms with Crippen LogP contribution < -0.4 is 4.90 Å². The molecule has 2 nitrogen and oxygen atoms in total. The van der Waals surface area contributed by atoms with Crippen LogP contribution >= 0.6 is 0 Å². The summed E-state index contributed by atoms with van der Waals surface area (Å²) in [5.74, 6) is -0.608. The molecule has 1 saturated heterocycles. The summed E-state index contributed by atoms with van der Waals surface area (Å²) >= 11 is 0. The molecule has 0 N–H and O–H groups in total. The number of nitrogens with zero attached hydrogens (tertiary/aromatic N) is 2. The highest BCUT2D eigenvalue weighted by Gasteiger charge is 2.24. The fourth-order valence-corrected chi connectivity index (χ4v) is 4.87. The van der Waals surface area contributed by atoms with Crippen molar-refractivity contribution in [3.8, 4) is 17.2 Å². The van der Waals surface area contributed by atoms with Crippen molar-refractivity contribution in [1.29, 1.82) is 5.26 Å². The van der Waals surface area contributed by atoms with Crippen LogP contribution in [0.15, 0.2) is 54.6 Å². The summed E-state index contributed by atoms with van der Waals surface area (Å²) in [5, 5.41) is 9.50. The minimum atomic E-state index is -0.530. The molecule has 0 bridgehead atoms. The van der Waals surface area contributed by atoms with Gasteiger partial charge in [0.1, 0.15) is 11.6 Å². The molecule has 1 heterocycles. The molecule has 1 aliphatic rings. The molecule has 0 aromatic heterocycles. The van der Waals surface area contributed by atoms with Crippen molar-refractivity contribution in [1.82, 2.24) is 0 Å². The lowest BCUT2D eigenvalue weighted by Crippen LogP contribution is -2.34. The van der Waals surface area contributed by atoms with Gasteiger partial charge in [-0.2, -0.15) is 5.26 Å². The van der Waals surface area contributed by atoms with Gasteiger partial charge < -0.3 is 4.90 Å². The van der Waals surface area contributed by atoms with Crippen LogP contribution in [0.1, 0.15) is 42.0 Å². The zero-order valence-electron chi connectivity index (χ0n) is 18.7. The average Bonchev–Trinajstić information content (AvgIpc) is 2.81. The Bertz CT molecular complexity index is 1150. The molecule has 0 atom stereocenters. The lowest BCUT2D eigenvalue weighted by molar-refractivity contribution is 0.397. The molecular formula is C28H28F2N2. The van der Waals surface area contributed by atoms with Crippen molar-refractivity contribution in [2.75, 3.05) is 18.0 Å². The summed E-state index contributed by atoms with van der Waals surface area (Å²) in [6.45, 7) is 6.03. The van der Waals surface area contributed by atoms with E-state index in [1.165, 1.54) is 22.8 Å². The fraction of sp³-hybridized carbons (Fsp3) is 0.321. The van der Waals surface area contributed by atoms with E-state index in [4.69, 9.17) is 0 Å². The van der Waals surface area contributed by atoms with E-state index in [0.29, 0.717) is 23.5 Å². The Hall–Kier alpha value is -3.19. The molecule has 3 aromatic carbocycles. The molecule has 0 radical (unpaired) electrons. The van der Waals surface area contributed by atoms with Crippen molar-refractivity contribution in [3.63, 3.8) is 0 Å². The highest BCUT2D eigenvalue weighted by molar-refractivity contribution is 5.84. The number of hydrogen-bond donors (Lipinski definition) is 0. The minimum Gasteiger partial charge on any atom is -0.371 e. The van der Waals surface area contributed by atoms with E-state index in [1.54, 1.807) is 6.07 Å². The van der Waals surface area contributed by atoms with E-state index in [2.05, 4.69) is 49.1 Å². The third kappa shape index (κ3) is 4.53. The number of halogens is 2. The normalized spacial score (nSPS) is 14.4. The van der Waals surface area contributed by atoms with Crippen molar-refractivity contribution in [3.05, 3.63) is 88.5 Å². The predicted molar refractivity (Wildman–Crippen MR) is 126 cm³/mol. The number of piperidine rings is 1. The molecule has 0 aliphatic carbocycles. The molecule has 164 valence electrons. The Balaban J connectivity index is 1.59.